The summed E-state index contributed by atoms with van der Waals surface area (Å²) in [5.41, 5.74) is 3.08. The molecule has 2 atom stereocenters. The number of nitrogens with zero attached hydrogens (tertiary/aromatic N) is 3. The number of nitrogens with one attached hydrogen (secondary N) is 3. The van der Waals surface area contributed by atoms with Crippen molar-refractivity contribution < 1.29 is 5.11 Å². The van der Waals surface area contributed by atoms with Crippen molar-refractivity contribution in [2.45, 2.75) is 95.9 Å². The first kappa shape index (κ1) is 22.9. The van der Waals surface area contributed by atoms with E-state index < -0.39 is 0 Å². The predicted octanol–water partition coefficient (Wildman–Crippen LogP) is 4.15. The summed E-state index contributed by atoms with van der Waals surface area (Å²) in [7, 11) is 0. The van der Waals surface area contributed by atoms with Gasteiger partial charge in [-0.25, -0.2) is 4.98 Å². The Morgan fingerprint density at radius 3 is 2.66 bits per heavy atom. The summed E-state index contributed by atoms with van der Waals surface area (Å²) in [4.78, 5) is 14.2. The molecule has 32 heavy (non-hydrogen) atoms. The quantitative estimate of drug-likeness (QED) is 0.467. The maximum Gasteiger partial charge on any atom is 0.224 e. The predicted molar refractivity (Wildman–Crippen MR) is 130 cm³/mol. The molecule has 2 aliphatic rings. The number of aliphatic hydroxyl groups is 1. The van der Waals surface area contributed by atoms with E-state index in [0.717, 1.165) is 68.6 Å². The number of rotatable bonds is 9. The molecule has 3 heterocycles. The highest BCUT2D eigenvalue weighted by Crippen LogP contribution is 2.29. The lowest BCUT2D eigenvalue weighted by molar-refractivity contribution is 0.126. The number of aromatic nitrogens is 3. The second kappa shape index (κ2) is 11.1. The van der Waals surface area contributed by atoms with Crippen molar-refractivity contribution in [2.24, 2.45) is 0 Å². The van der Waals surface area contributed by atoms with Gasteiger partial charge in [0.25, 0.3) is 0 Å². The summed E-state index contributed by atoms with van der Waals surface area (Å²) >= 11 is 0. The van der Waals surface area contributed by atoms with Crippen molar-refractivity contribution in [1.82, 2.24) is 20.3 Å². The Kier molecular flexibility index (Phi) is 7.92. The Bertz CT molecular complexity index is 844. The SMILES string of the molecule is CCC[C@H](C)Nc1ncc(-c2ccc(C[C@@H]3CCCN3)cn2)c(NC2CCC(O)CC2)n1. The molecule has 2 aromatic rings. The molecule has 0 aromatic carbocycles. The highest BCUT2D eigenvalue weighted by molar-refractivity contribution is 5.73. The van der Waals surface area contributed by atoms with Crippen LogP contribution in [0.15, 0.2) is 24.5 Å². The highest BCUT2D eigenvalue weighted by atomic mass is 16.3. The van der Waals surface area contributed by atoms with Crippen molar-refractivity contribution >= 4 is 11.8 Å². The second-order valence-electron chi connectivity index (χ2n) is 9.49. The van der Waals surface area contributed by atoms with Gasteiger partial charge in [-0.15, -0.1) is 0 Å². The normalized spacial score (nSPS) is 24.3. The van der Waals surface area contributed by atoms with Gasteiger partial charge in [0.15, 0.2) is 0 Å². The molecule has 2 aromatic heterocycles. The van der Waals surface area contributed by atoms with E-state index in [1.807, 2.05) is 12.4 Å². The molecule has 7 heteroatoms. The molecule has 0 unspecified atom stereocenters. The van der Waals surface area contributed by atoms with Crippen molar-refractivity contribution in [1.29, 1.82) is 0 Å². The molecule has 1 aliphatic carbocycles. The molecule has 2 fully saturated rings. The van der Waals surface area contributed by atoms with Crippen LogP contribution >= 0.6 is 0 Å². The highest BCUT2D eigenvalue weighted by Gasteiger charge is 2.22. The van der Waals surface area contributed by atoms with Crippen LogP contribution in [-0.4, -0.2) is 50.8 Å². The second-order valence-corrected chi connectivity index (χ2v) is 9.49. The number of pyridine rings is 1. The molecule has 1 aliphatic heterocycles. The summed E-state index contributed by atoms with van der Waals surface area (Å²) in [6.07, 6.45) is 13.0. The molecule has 0 spiro atoms. The molecule has 174 valence electrons. The van der Waals surface area contributed by atoms with Gasteiger partial charge in [-0.05, 0) is 76.5 Å². The molecule has 0 bridgehead atoms. The summed E-state index contributed by atoms with van der Waals surface area (Å²) in [5.74, 6) is 1.47. The lowest BCUT2D eigenvalue weighted by atomic mass is 9.93. The molecular formula is C25H38N6O. The van der Waals surface area contributed by atoms with E-state index in [0.29, 0.717) is 24.1 Å². The molecule has 7 nitrogen and oxygen atoms in total. The summed E-state index contributed by atoms with van der Waals surface area (Å²) in [5, 5.41) is 20.5. The van der Waals surface area contributed by atoms with Crippen molar-refractivity contribution in [3.63, 3.8) is 0 Å². The van der Waals surface area contributed by atoms with Crippen molar-refractivity contribution in [2.75, 3.05) is 17.2 Å². The van der Waals surface area contributed by atoms with Gasteiger partial charge in [0.05, 0.1) is 17.4 Å². The van der Waals surface area contributed by atoms with Crippen LogP contribution in [-0.2, 0) is 6.42 Å². The van der Waals surface area contributed by atoms with Gasteiger partial charge in [0, 0.05) is 30.5 Å². The Labute approximate surface area is 191 Å². The zero-order chi connectivity index (χ0) is 22.3. The van der Waals surface area contributed by atoms with Crippen LogP contribution in [0.2, 0.25) is 0 Å². The van der Waals surface area contributed by atoms with Gasteiger partial charge < -0.3 is 21.1 Å². The zero-order valence-corrected chi connectivity index (χ0v) is 19.5. The van der Waals surface area contributed by atoms with Crippen LogP contribution in [0.4, 0.5) is 11.8 Å². The fourth-order valence-electron chi connectivity index (χ4n) is 4.81. The Balaban J connectivity index is 1.53. The Morgan fingerprint density at radius 2 is 1.97 bits per heavy atom. The van der Waals surface area contributed by atoms with E-state index >= 15 is 0 Å². The van der Waals surface area contributed by atoms with E-state index in [1.165, 1.54) is 18.4 Å². The van der Waals surface area contributed by atoms with Gasteiger partial charge >= 0.3 is 0 Å². The van der Waals surface area contributed by atoms with E-state index in [1.54, 1.807) is 0 Å². The zero-order valence-electron chi connectivity index (χ0n) is 19.5. The first-order valence-corrected chi connectivity index (χ1v) is 12.4. The Hall–Kier alpha value is -2.25. The van der Waals surface area contributed by atoms with Crippen LogP contribution in [0.3, 0.4) is 0 Å². The third-order valence-electron chi connectivity index (χ3n) is 6.67. The topological polar surface area (TPSA) is 95.0 Å². The third kappa shape index (κ3) is 6.17. The lowest BCUT2D eigenvalue weighted by Gasteiger charge is -2.27. The maximum absolute atomic E-state index is 9.87. The number of aliphatic hydroxyl groups excluding tert-OH is 1. The molecule has 0 radical (unpaired) electrons. The molecule has 0 amide bonds. The minimum atomic E-state index is -0.173. The largest absolute Gasteiger partial charge is 0.393 e. The number of anilines is 2. The van der Waals surface area contributed by atoms with Crippen molar-refractivity contribution in [3.8, 4) is 11.3 Å². The van der Waals surface area contributed by atoms with Crippen LogP contribution < -0.4 is 16.0 Å². The monoisotopic (exact) mass is 438 g/mol. The minimum Gasteiger partial charge on any atom is -0.393 e. The first-order chi connectivity index (χ1) is 15.6. The average molecular weight is 439 g/mol. The number of hydrogen-bond donors (Lipinski definition) is 4. The molecule has 1 saturated carbocycles. The van der Waals surface area contributed by atoms with Crippen LogP contribution in [0.1, 0.15) is 70.8 Å². The fraction of sp³-hybridized carbons (Fsp3) is 0.640. The van der Waals surface area contributed by atoms with Crippen LogP contribution in [0, 0.1) is 0 Å². The van der Waals surface area contributed by atoms with Gasteiger partial charge in [-0.3, -0.25) is 4.98 Å². The molecule has 4 N–H and O–H groups in total. The smallest absolute Gasteiger partial charge is 0.224 e. The van der Waals surface area contributed by atoms with Crippen LogP contribution in [0.25, 0.3) is 11.3 Å². The van der Waals surface area contributed by atoms with Crippen LogP contribution in [0.5, 0.6) is 0 Å². The lowest BCUT2D eigenvalue weighted by Crippen LogP contribution is -2.29. The average Bonchev–Trinajstić information content (AvgIpc) is 3.30. The van der Waals surface area contributed by atoms with Gasteiger partial charge in [-0.1, -0.05) is 19.4 Å². The summed E-state index contributed by atoms with van der Waals surface area (Å²) in [6, 6.07) is 5.47. The standard InChI is InChI=1S/C25H38N6O/c1-3-5-17(2)29-25-28-16-22(24(31-25)30-19-8-10-21(32)11-9-19)23-12-7-18(15-27-23)14-20-6-4-13-26-20/h7,12,15-17,19-21,26,32H,3-6,8-11,13-14H2,1-2H3,(H2,28,29,30,31)/t17-,19?,20-,21?/m0/s1. The molecule has 1 saturated heterocycles. The first-order valence-electron chi connectivity index (χ1n) is 12.4. The fourth-order valence-corrected chi connectivity index (χ4v) is 4.81. The van der Waals surface area contributed by atoms with E-state index in [9.17, 15) is 5.11 Å². The molecular weight excluding hydrogens is 400 g/mol. The number of hydrogen-bond acceptors (Lipinski definition) is 7. The molecule has 4 rings (SSSR count). The Morgan fingerprint density at radius 1 is 1.12 bits per heavy atom. The van der Waals surface area contributed by atoms with E-state index in [4.69, 9.17) is 9.97 Å². The van der Waals surface area contributed by atoms with Gasteiger partial charge in [-0.2, -0.15) is 4.98 Å². The minimum absolute atomic E-state index is 0.173. The van der Waals surface area contributed by atoms with Gasteiger partial charge in [0.1, 0.15) is 5.82 Å². The summed E-state index contributed by atoms with van der Waals surface area (Å²) in [6.45, 7) is 5.47. The summed E-state index contributed by atoms with van der Waals surface area (Å²) < 4.78 is 0. The van der Waals surface area contributed by atoms with Crippen molar-refractivity contribution in [3.05, 3.63) is 30.1 Å². The third-order valence-corrected chi connectivity index (χ3v) is 6.67. The van der Waals surface area contributed by atoms with E-state index in [-0.39, 0.29) is 6.10 Å². The maximum atomic E-state index is 9.87. The van der Waals surface area contributed by atoms with E-state index in [2.05, 4.69) is 46.9 Å². The van der Waals surface area contributed by atoms with Gasteiger partial charge in [0.2, 0.25) is 5.95 Å².